The van der Waals surface area contributed by atoms with Crippen molar-refractivity contribution in [1.82, 2.24) is 0 Å². The molecule has 0 spiro atoms. The summed E-state index contributed by atoms with van der Waals surface area (Å²) in [7, 11) is 0. The average Bonchev–Trinajstić information content (AvgIpc) is 1.99. The Morgan fingerprint density at radius 1 is 1.70 bits per heavy atom. The second kappa shape index (κ2) is 4.58. The zero-order chi connectivity index (χ0) is 7.98. The zero-order valence-corrected chi connectivity index (χ0v) is 6.17. The highest BCUT2D eigenvalue weighted by atomic mass is 14.2. The van der Waals surface area contributed by atoms with Crippen LogP contribution in [0.1, 0.15) is 6.92 Å². The quantitative estimate of drug-likeness (QED) is 0.329. The molecule has 0 saturated carbocycles. The van der Waals surface area contributed by atoms with E-state index in [-0.39, 0.29) is 0 Å². The van der Waals surface area contributed by atoms with E-state index in [2.05, 4.69) is 13.2 Å². The molecule has 0 bridgehead atoms. The van der Waals surface area contributed by atoms with Crippen molar-refractivity contribution in [2.75, 3.05) is 0 Å². The van der Waals surface area contributed by atoms with Gasteiger partial charge in [-0.1, -0.05) is 25.7 Å². The lowest BCUT2D eigenvalue weighted by atomic mass is 10.1. The van der Waals surface area contributed by atoms with Crippen LogP contribution in [-0.2, 0) is 0 Å². The first-order valence-electron chi connectivity index (χ1n) is 3.10. The highest BCUT2D eigenvalue weighted by Crippen LogP contribution is 1.99. The molecule has 0 N–H and O–H groups in total. The van der Waals surface area contributed by atoms with Crippen molar-refractivity contribution < 1.29 is 0 Å². The summed E-state index contributed by atoms with van der Waals surface area (Å²) in [6.07, 6.45) is 5.39. The minimum Gasteiger partial charge on any atom is -0.192 e. The number of allylic oxidation sites excluding steroid dienone is 4. The molecule has 1 atom stereocenters. The van der Waals surface area contributed by atoms with Crippen LogP contribution in [0.5, 0.6) is 0 Å². The summed E-state index contributed by atoms with van der Waals surface area (Å²) in [5, 5.41) is 8.29. The molecule has 0 aliphatic carbocycles. The monoisotopic (exact) mass is 133 g/mol. The standard InChI is InChI=1S/C9H11N/c1-4-8(2)5-6-9(3)7-10/h4-6,8H,1,3H2,2H3/b6-5-. The third kappa shape index (κ3) is 3.68. The normalized spacial score (nSPS) is 12.4. The van der Waals surface area contributed by atoms with Gasteiger partial charge in [-0.05, 0) is 12.0 Å². The molecule has 0 radical (unpaired) electrons. The fourth-order valence-corrected chi connectivity index (χ4v) is 0.384. The van der Waals surface area contributed by atoms with E-state index in [1.54, 1.807) is 12.2 Å². The Hall–Kier alpha value is -1.29. The van der Waals surface area contributed by atoms with Crippen LogP contribution in [0.25, 0.3) is 0 Å². The molecule has 0 aliphatic rings. The van der Waals surface area contributed by atoms with Gasteiger partial charge in [-0.25, -0.2) is 0 Å². The number of hydrogen-bond acceptors (Lipinski definition) is 1. The van der Waals surface area contributed by atoms with Gasteiger partial charge in [-0.2, -0.15) is 5.26 Å². The molecule has 0 heterocycles. The smallest absolute Gasteiger partial charge is 0.0985 e. The molecule has 1 heteroatoms. The maximum Gasteiger partial charge on any atom is 0.0985 e. The van der Waals surface area contributed by atoms with Crippen molar-refractivity contribution in [2.24, 2.45) is 5.92 Å². The molecular formula is C9H11N. The topological polar surface area (TPSA) is 23.8 Å². The van der Waals surface area contributed by atoms with Crippen LogP contribution < -0.4 is 0 Å². The maximum absolute atomic E-state index is 8.29. The predicted molar refractivity (Wildman–Crippen MR) is 43.3 cm³/mol. The fourth-order valence-electron chi connectivity index (χ4n) is 0.384. The molecule has 1 unspecified atom stereocenters. The fraction of sp³-hybridized carbons (Fsp3) is 0.222. The van der Waals surface area contributed by atoms with Gasteiger partial charge in [0.15, 0.2) is 0 Å². The Balaban J connectivity index is 3.89. The number of hydrogen-bond donors (Lipinski definition) is 0. The molecule has 52 valence electrons. The molecule has 1 nitrogen and oxygen atoms in total. The maximum atomic E-state index is 8.29. The van der Waals surface area contributed by atoms with E-state index < -0.39 is 0 Å². The first-order chi connectivity index (χ1) is 4.70. The number of nitriles is 1. The van der Waals surface area contributed by atoms with Gasteiger partial charge in [0.2, 0.25) is 0 Å². The summed E-state index contributed by atoms with van der Waals surface area (Å²) in [5.41, 5.74) is 0.480. The highest BCUT2D eigenvalue weighted by Gasteiger charge is 1.86. The van der Waals surface area contributed by atoms with Crippen LogP contribution in [0, 0.1) is 17.2 Å². The Kier molecular flexibility index (Phi) is 3.99. The van der Waals surface area contributed by atoms with E-state index >= 15 is 0 Å². The Morgan fingerprint density at radius 3 is 2.70 bits per heavy atom. The molecule has 10 heavy (non-hydrogen) atoms. The van der Waals surface area contributed by atoms with E-state index in [4.69, 9.17) is 5.26 Å². The van der Waals surface area contributed by atoms with Crippen LogP contribution in [-0.4, -0.2) is 0 Å². The van der Waals surface area contributed by atoms with Crippen molar-refractivity contribution in [1.29, 1.82) is 5.26 Å². The third-order valence-electron chi connectivity index (χ3n) is 1.12. The SMILES string of the molecule is C=CC(C)/C=C\C(=C)C#N. The lowest BCUT2D eigenvalue weighted by Gasteiger charge is -1.92. The lowest BCUT2D eigenvalue weighted by molar-refractivity contribution is 0.943. The predicted octanol–water partition coefficient (Wildman–Crippen LogP) is 2.44. The average molecular weight is 133 g/mol. The van der Waals surface area contributed by atoms with Gasteiger partial charge in [-0.3, -0.25) is 0 Å². The Labute approximate surface area is 62.0 Å². The molecule has 0 saturated heterocycles. The van der Waals surface area contributed by atoms with Gasteiger partial charge in [0.1, 0.15) is 0 Å². The summed E-state index contributed by atoms with van der Waals surface area (Å²) in [6, 6.07) is 1.93. The van der Waals surface area contributed by atoms with Gasteiger partial charge >= 0.3 is 0 Å². The van der Waals surface area contributed by atoms with E-state index in [1.165, 1.54) is 0 Å². The molecule has 0 fully saturated rings. The largest absolute Gasteiger partial charge is 0.192 e. The minimum atomic E-state index is 0.310. The first-order valence-corrected chi connectivity index (χ1v) is 3.10. The Morgan fingerprint density at radius 2 is 2.30 bits per heavy atom. The van der Waals surface area contributed by atoms with Gasteiger partial charge in [0, 0.05) is 5.57 Å². The van der Waals surface area contributed by atoms with E-state index in [0.29, 0.717) is 11.5 Å². The van der Waals surface area contributed by atoms with Crippen LogP contribution in [0.4, 0.5) is 0 Å². The van der Waals surface area contributed by atoms with Crippen LogP contribution in [0.2, 0.25) is 0 Å². The molecule has 0 aromatic carbocycles. The van der Waals surface area contributed by atoms with Crippen molar-refractivity contribution in [3.05, 3.63) is 37.0 Å². The van der Waals surface area contributed by atoms with Gasteiger partial charge in [-0.15, -0.1) is 6.58 Å². The molecule has 0 rings (SSSR count). The van der Waals surface area contributed by atoms with Crippen molar-refractivity contribution in [3.8, 4) is 6.07 Å². The molecule has 0 amide bonds. The van der Waals surface area contributed by atoms with E-state index in [9.17, 15) is 0 Å². The van der Waals surface area contributed by atoms with Crippen LogP contribution in [0.3, 0.4) is 0 Å². The third-order valence-corrected chi connectivity index (χ3v) is 1.12. The number of rotatable bonds is 3. The summed E-state index contributed by atoms with van der Waals surface area (Å²) in [4.78, 5) is 0. The Bertz CT molecular complexity index is 193. The van der Waals surface area contributed by atoms with Crippen molar-refractivity contribution in [2.45, 2.75) is 6.92 Å². The van der Waals surface area contributed by atoms with Gasteiger partial charge < -0.3 is 0 Å². The molecular weight excluding hydrogens is 122 g/mol. The second-order valence-electron chi connectivity index (χ2n) is 2.09. The summed E-state index contributed by atoms with van der Waals surface area (Å²) >= 11 is 0. The van der Waals surface area contributed by atoms with Gasteiger partial charge in [0.05, 0.1) is 6.07 Å². The second-order valence-corrected chi connectivity index (χ2v) is 2.09. The van der Waals surface area contributed by atoms with Crippen LogP contribution in [0.15, 0.2) is 37.0 Å². The molecule has 0 aromatic heterocycles. The summed E-state index contributed by atoms with van der Waals surface area (Å²) in [5.74, 6) is 0.310. The first kappa shape index (κ1) is 8.71. The van der Waals surface area contributed by atoms with E-state index in [0.717, 1.165) is 0 Å². The minimum absolute atomic E-state index is 0.310. The zero-order valence-electron chi connectivity index (χ0n) is 6.17. The number of nitrogens with zero attached hydrogens (tertiary/aromatic N) is 1. The summed E-state index contributed by atoms with van der Waals surface area (Å²) in [6.45, 7) is 9.09. The van der Waals surface area contributed by atoms with Crippen molar-refractivity contribution >= 4 is 0 Å². The summed E-state index contributed by atoms with van der Waals surface area (Å²) < 4.78 is 0. The van der Waals surface area contributed by atoms with Gasteiger partial charge in [0.25, 0.3) is 0 Å². The van der Waals surface area contributed by atoms with E-state index in [1.807, 2.05) is 19.1 Å². The molecule has 0 aromatic rings. The molecule has 0 aliphatic heterocycles. The lowest BCUT2D eigenvalue weighted by Crippen LogP contribution is -1.79. The highest BCUT2D eigenvalue weighted by molar-refractivity contribution is 5.29. The van der Waals surface area contributed by atoms with Crippen molar-refractivity contribution in [3.63, 3.8) is 0 Å². The van der Waals surface area contributed by atoms with Crippen LogP contribution >= 0.6 is 0 Å².